The number of hydrogen-bond donors (Lipinski definition) is 0. The molecule has 0 aliphatic carbocycles. The van der Waals surface area contributed by atoms with Gasteiger partial charge in [0, 0.05) is 14.2 Å². The predicted octanol–water partition coefficient (Wildman–Crippen LogP) is 0.857. The second-order valence-electron chi connectivity index (χ2n) is 0.986. The topological polar surface area (TPSA) is 18.5 Å². The fourth-order valence-corrected chi connectivity index (χ4v) is 0.167. The van der Waals surface area contributed by atoms with Gasteiger partial charge in [-0.15, -0.1) is 17.0 Å². The molecule has 0 saturated carbocycles. The monoisotopic (exact) mass is 170 g/mol. The van der Waals surface area contributed by atoms with Gasteiger partial charge in [-0.05, 0) is 0 Å². The SMILES string of the molecule is Br.COCCOC. The van der Waals surface area contributed by atoms with Gasteiger partial charge in [-0.25, -0.2) is 0 Å². The van der Waals surface area contributed by atoms with E-state index in [0.29, 0.717) is 13.2 Å². The maximum absolute atomic E-state index is 4.66. The minimum atomic E-state index is 0. The van der Waals surface area contributed by atoms with Gasteiger partial charge in [-0.3, -0.25) is 0 Å². The van der Waals surface area contributed by atoms with Crippen molar-refractivity contribution in [3.8, 4) is 0 Å². The highest BCUT2D eigenvalue weighted by Gasteiger charge is 1.73. The Morgan fingerprint density at radius 3 is 1.43 bits per heavy atom. The lowest BCUT2D eigenvalue weighted by atomic mass is 10.8. The van der Waals surface area contributed by atoms with Crippen molar-refractivity contribution < 1.29 is 9.47 Å². The van der Waals surface area contributed by atoms with Crippen LogP contribution in [0.25, 0.3) is 0 Å². The van der Waals surface area contributed by atoms with Gasteiger partial charge in [0.25, 0.3) is 0 Å². The number of halogens is 1. The van der Waals surface area contributed by atoms with Crippen molar-refractivity contribution in [2.45, 2.75) is 0 Å². The molecule has 0 N–H and O–H groups in total. The maximum Gasteiger partial charge on any atom is 0.0696 e. The average molecular weight is 171 g/mol. The largest absolute Gasteiger partial charge is 0.382 e. The van der Waals surface area contributed by atoms with Gasteiger partial charge < -0.3 is 9.47 Å². The molecule has 0 atom stereocenters. The van der Waals surface area contributed by atoms with Crippen LogP contribution in [0.3, 0.4) is 0 Å². The summed E-state index contributed by atoms with van der Waals surface area (Å²) in [7, 11) is 3.30. The van der Waals surface area contributed by atoms with Crippen molar-refractivity contribution in [3.05, 3.63) is 0 Å². The van der Waals surface area contributed by atoms with Gasteiger partial charge in [-0.2, -0.15) is 0 Å². The van der Waals surface area contributed by atoms with Crippen molar-refractivity contribution in [3.63, 3.8) is 0 Å². The van der Waals surface area contributed by atoms with E-state index in [0.717, 1.165) is 0 Å². The Hall–Kier alpha value is 0.400. The van der Waals surface area contributed by atoms with Gasteiger partial charge in [-0.1, -0.05) is 0 Å². The van der Waals surface area contributed by atoms with E-state index >= 15 is 0 Å². The summed E-state index contributed by atoms with van der Waals surface area (Å²) in [5.74, 6) is 0. The van der Waals surface area contributed by atoms with Crippen LogP contribution < -0.4 is 0 Å². The molecule has 2 nitrogen and oxygen atoms in total. The third-order valence-corrected chi connectivity index (χ3v) is 0.492. The van der Waals surface area contributed by atoms with Crippen LogP contribution in [-0.2, 0) is 9.47 Å². The Bertz CT molecular complexity index is 21.7. The van der Waals surface area contributed by atoms with E-state index in [-0.39, 0.29) is 17.0 Å². The molecular weight excluding hydrogens is 160 g/mol. The van der Waals surface area contributed by atoms with Crippen molar-refractivity contribution in [2.75, 3.05) is 27.4 Å². The highest BCUT2D eigenvalue weighted by molar-refractivity contribution is 8.93. The first-order valence-electron chi connectivity index (χ1n) is 1.89. The molecule has 3 heteroatoms. The Labute approximate surface area is 54.6 Å². The lowest BCUT2D eigenvalue weighted by Crippen LogP contribution is -1.96. The summed E-state index contributed by atoms with van der Waals surface area (Å²) >= 11 is 0. The predicted molar refractivity (Wildman–Crippen MR) is 34.1 cm³/mol. The fourth-order valence-electron chi connectivity index (χ4n) is 0.167. The zero-order valence-electron chi connectivity index (χ0n) is 4.64. The van der Waals surface area contributed by atoms with E-state index in [1.54, 1.807) is 14.2 Å². The van der Waals surface area contributed by atoms with Crippen LogP contribution in [-0.4, -0.2) is 27.4 Å². The Balaban J connectivity index is 0. The standard InChI is InChI=1S/C4H10O2.BrH/c1-5-3-4-6-2;/h3-4H2,1-2H3;1H. The molecule has 0 unspecified atom stereocenters. The van der Waals surface area contributed by atoms with Crippen LogP contribution in [0.15, 0.2) is 0 Å². The molecule has 0 saturated heterocycles. The Morgan fingerprint density at radius 1 is 1.00 bits per heavy atom. The first kappa shape index (κ1) is 10.4. The van der Waals surface area contributed by atoms with Gasteiger partial charge >= 0.3 is 0 Å². The van der Waals surface area contributed by atoms with Crippen LogP contribution >= 0.6 is 17.0 Å². The van der Waals surface area contributed by atoms with Crippen LogP contribution in [0.4, 0.5) is 0 Å². The molecule has 0 aromatic carbocycles. The highest BCUT2D eigenvalue weighted by atomic mass is 79.9. The van der Waals surface area contributed by atoms with Crippen molar-refractivity contribution in [1.29, 1.82) is 0 Å². The second-order valence-corrected chi connectivity index (χ2v) is 0.986. The molecule has 0 aromatic heterocycles. The van der Waals surface area contributed by atoms with Crippen LogP contribution in [0.1, 0.15) is 0 Å². The van der Waals surface area contributed by atoms with Crippen molar-refractivity contribution in [2.24, 2.45) is 0 Å². The molecule has 0 spiro atoms. The number of rotatable bonds is 3. The smallest absolute Gasteiger partial charge is 0.0696 e. The molecule has 0 fully saturated rings. The summed E-state index contributed by atoms with van der Waals surface area (Å²) in [6.45, 7) is 1.38. The maximum atomic E-state index is 4.66. The molecule has 0 aromatic rings. The van der Waals surface area contributed by atoms with E-state index in [1.807, 2.05) is 0 Å². The zero-order chi connectivity index (χ0) is 4.83. The Kier molecular flexibility index (Phi) is 14.3. The van der Waals surface area contributed by atoms with E-state index in [2.05, 4.69) is 9.47 Å². The highest BCUT2D eigenvalue weighted by Crippen LogP contribution is 1.65. The first-order valence-corrected chi connectivity index (χ1v) is 1.89. The first-order chi connectivity index (χ1) is 2.91. The van der Waals surface area contributed by atoms with E-state index in [9.17, 15) is 0 Å². The van der Waals surface area contributed by atoms with Crippen LogP contribution in [0.5, 0.6) is 0 Å². The molecule has 46 valence electrons. The molecule has 0 heterocycles. The van der Waals surface area contributed by atoms with Crippen LogP contribution in [0.2, 0.25) is 0 Å². The molecule has 0 amide bonds. The average Bonchev–Trinajstić information content (AvgIpc) is 1.61. The van der Waals surface area contributed by atoms with Crippen molar-refractivity contribution >= 4 is 17.0 Å². The lowest BCUT2D eigenvalue weighted by molar-refractivity contribution is 0.103. The van der Waals surface area contributed by atoms with Gasteiger partial charge in [0.15, 0.2) is 0 Å². The summed E-state index contributed by atoms with van der Waals surface area (Å²) in [4.78, 5) is 0. The third-order valence-electron chi connectivity index (χ3n) is 0.492. The summed E-state index contributed by atoms with van der Waals surface area (Å²) in [6.07, 6.45) is 0. The second kappa shape index (κ2) is 9.64. The molecular formula is C4H11BrO2. The van der Waals surface area contributed by atoms with Crippen molar-refractivity contribution in [1.82, 2.24) is 0 Å². The summed E-state index contributed by atoms with van der Waals surface area (Å²) in [5, 5.41) is 0. The normalized spacial score (nSPS) is 7.71. The number of ether oxygens (including phenoxy) is 2. The summed E-state index contributed by atoms with van der Waals surface area (Å²) < 4.78 is 9.31. The molecule has 0 aliphatic rings. The van der Waals surface area contributed by atoms with Gasteiger partial charge in [0.1, 0.15) is 0 Å². The molecule has 0 rings (SSSR count). The summed E-state index contributed by atoms with van der Waals surface area (Å²) in [6, 6.07) is 0. The van der Waals surface area contributed by atoms with Gasteiger partial charge in [0.05, 0.1) is 13.2 Å². The minimum Gasteiger partial charge on any atom is -0.382 e. The molecule has 0 aliphatic heterocycles. The fraction of sp³-hybridized carbons (Fsp3) is 1.00. The van der Waals surface area contributed by atoms with E-state index in [4.69, 9.17) is 0 Å². The lowest BCUT2D eigenvalue weighted by Gasteiger charge is -1.91. The van der Waals surface area contributed by atoms with E-state index in [1.165, 1.54) is 0 Å². The quantitative estimate of drug-likeness (QED) is 0.586. The molecule has 0 radical (unpaired) electrons. The van der Waals surface area contributed by atoms with Gasteiger partial charge in [0.2, 0.25) is 0 Å². The van der Waals surface area contributed by atoms with E-state index < -0.39 is 0 Å². The van der Waals surface area contributed by atoms with Crippen LogP contribution in [0, 0.1) is 0 Å². The third kappa shape index (κ3) is 10.7. The molecule has 0 bridgehead atoms. The number of hydrogen-bond acceptors (Lipinski definition) is 2. The minimum absolute atomic E-state index is 0. The Morgan fingerprint density at radius 2 is 1.29 bits per heavy atom. The summed E-state index contributed by atoms with van der Waals surface area (Å²) in [5.41, 5.74) is 0. The number of methoxy groups -OCH3 is 2. The molecule has 7 heavy (non-hydrogen) atoms. The zero-order valence-corrected chi connectivity index (χ0v) is 6.35.